The van der Waals surface area contributed by atoms with Crippen LogP contribution < -0.4 is 16.0 Å². The average molecular weight is 535 g/mol. The Bertz CT molecular complexity index is 882. The van der Waals surface area contributed by atoms with E-state index in [-0.39, 0.29) is 41.8 Å². The number of carbonyl (C=O) groups excluding carboxylic acids is 1. The van der Waals surface area contributed by atoms with Gasteiger partial charge in [0.2, 0.25) is 5.91 Å². The number of hydrogen-bond acceptors (Lipinski definition) is 3. The number of para-hydroxylation sites is 1. The second-order valence-corrected chi connectivity index (χ2v) is 7.95. The van der Waals surface area contributed by atoms with Crippen LogP contribution in [0.4, 0.5) is 5.69 Å². The van der Waals surface area contributed by atoms with Crippen molar-refractivity contribution >= 4 is 41.5 Å². The molecule has 31 heavy (non-hydrogen) atoms. The number of aliphatic imine (C=N–C) groups is 1. The number of halogens is 1. The first-order valence-electron chi connectivity index (χ1n) is 10.6. The van der Waals surface area contributed by atoms with Gasteiger partial charge in [0.1, 0.15) is 0 Å². The molecule has 1 heterocycles. The number of carbonyl (C=O) groups is 1. The lowest BCUT2D eigenvalue weighted by Crippen LogP contribution is -2.43. The highest BCUT2D eigenvalue weighted by molar-refractivity contribution is 14.0. The third-order valence-corrected chi connectivity index (χ3v) is 5.70. The van der Waals surface area contributed by atoms with Crippen LogP contribution in [-0.2, 0) is 11.2 Å². The highest BCUT2D eigenvalue weighted by atomic mass is 127. The van der Waals surface area contributed by atoms with E-state index in [0.29, 0.717) is 13.0 Å². The van der Waals surface area contributed by atoms with Gasteiger partial charge in [0, 0.05) is 38.2 Å². The SMILES string of the molecule is CCc1ccc(C(CNC(=NC)NCC2CC(=O)Nc3ccccc32)N(C)C)cc1.I. The predicted molar refractivity (Wildman–Crippen MR) is 139 cm³/mol. The summed E-state index contributed by atoms with van der Waals surface area (Å²) in [4.78, 5) is 18.6. The van der Waals surface area contributed by atoms with Gasteiger partial charge in [0.05, 0.1) is 6.04 Å². The summed E-state index contributed by atoms with van der Waals surface area (Å²) in [5.41, 5.74) is 4.70. The molecule has 0 radical (unpaired) electrons. The standard InChI is InChI=1S/C24H33N5O.HI/c1-5-17-10-12-18(13-11-17)22(29(3)4)16-27-24(25-2)26-15-19-14-23(30)28-21-9-7-6-8-20(19)21;/h6-13,19,22H,5,14-16H2,1-4H3,(H,28,30)(H2,25,26,27);1H. The van der Waals surface area contributed by atoms with Crippen LogP contribution in [0, 0.1) is 0 Å². The Kier molecular flexibility index (Phi) is 9.77. The first kappa shape index (κ1) is 25.1. The Morgan fingerprint density at radius 3 is 2.52 bits per heavy atom. The van der Waals surface area contributed by atoms with Crippen LogP contribution in [0.5, 0.6) is 0 Å². The van der Waals surface area contributed by atoms with Crippen molar-refractivity contribution in [3.63, 3.8) is 0 Å². The van der Waals surface area contributed by atoms with Crippen molar-refractivity contribution in [2.75, 3.05) is 39.5 Å². The lowest BCUT2D eigenvalue weighted by molar-refractivity contribution is -0.116. The molecule has 2 aromatic rings. The minimum atomic E-state index is 0. The van der Waals surface area contributed by atoms with E-state index in [9.17, 15) is 4.79 Å². The number of benzene rings is 2. The maximum atomic E-state index is 12.1. The van der Waals surface area contributed by atoms with Gasteiger partial charge in [-0.3, -0.25) is 9.79 Å². The molecule has 2 unspecified atom stereocenters. The van der Waals surface area contributed by atoms with E-state index in [0.717, 1.165) is 24.6 Å². The first-order chi connectivity index (χ1) is 14.5. The quantitative estimate of drug-likeness (QED) is 0.287. The minimum Gasteiger partial charge on any atom is -0.356 e. The third-order valence-electron chi connectivity index (χ3n) is 5.70. The number of amides is 1. The molecular formula is C24H34IN5O. The monoisotopic (exact) mass is 535 g/mol. The van der Waals surface area contributed by atoms with Crippen LogP contribution in [0.2, 0.25) is 0 Å². The summed E-state index contributed by atoms with van der Waals surface area (Å²) in [6.45, 7) is 3.56. The van der Waals surface area contributed by atoms with Gasteiger partial charge < -0.3 is 20.9 Å². The summed E-state index contributed by atoms with van der Waals surface area (Å²) in [5.74, 6) is 0.932. The molecule has 6 nitrogen and oxygen atoms in total. The van der Waals surface area contributed by atoms with E-state index in [4.69, 9.17) is 0 Å². The number of nitrogens with zero attached hydrogens (tertiary/aromatic N) is 2. The topological polar surface area (TPSA) is 68.8 Å². The number of rotatable bonds is 7. The molecule has 3 rings (SSSR count). The van der Waals surface area contributed by atoms with E-state index in [1.165, 1.54) is 16.7 Å². The van der Waals surface area contributed by atoms with Crippen molar-refractivity contribution in [1.29, 1.82) is 0 Å². The molecule has 7 heteroatoms. The van der Waals surface area contributed by atoms with E-state index >= 15 is 0 Å². The lowest BCUT2D eigenvalue weighted by Gasteiger charge is -2.28. The Hall–Kier alpha value is -2.13. The summed E-state index contributed by atoms with van der Waals surface area (Å²) in [5, 5.41) is 9.81. The van der Waals surface area contributed by atoms with Gasteiger partial charge in [-0.2, -0.15) is 0 Å². The van der Waals surface area contributed by atoms with Crippen LogP contribution in [0.1, 0.15) is 42.0 Å². The van der Waals surface area contributed by atoms with Gasteiger partial charge in [-0.15, -0.1) is 24.0 Å². The van der Waals surface area contributed by atoms with Gasteiger partial charge in [-0.1, -0.05) is 49.4 Å². The van der Waals surface area contributed by atoms with Crippen molar-refractivity contribution in [3.8, 4) is 0 Å². The van der Waals surface area contributed by atoms with Crippen molar-refractivity contribution in [2.24, 2.45) is 4.99 Å². The maximum absolute atomic E-state index is 12.1. The van der Waals surface area contributed by atoms with Gasteiger partial charge in [0.25, 0.3) is 0 Å². The Morgan fingerprint density at radius 1 is 1.16 bits per heavy atom. The Morgan fingerprint density at radius 2 is 1.87 bits per heavy atom. The van der Waals surface area contributed by atoms with Gasteiger partial charge in [0.15, 0.2) is 5.96 Å². The average Bonchev–Trinajstić information content (AvgIpc) is 2.75. The Balaban J connectivity index is 0.00000341. The summed E-state index contributed by atoms with van der Waals surface area (Å²) in [7, 11) is 5.96. The molecule has 2 atom stereocenters. The van der Waals surface area contributed by atoms with Gasteiger partial charge in [-0.25, -0.2) is 0 Å². The number of nitrogens with one attached hydrogen (secondary N) is 3. The highest BCUT2D eigenvalue weighted by Crippen LogP contribution is 2.31. The molecule has 0 aliphatic carbocycles. The molecule has 0 fully saturated rings. The lowest BCUT2D eigenvalue weighted by atomic mass is 9.90. The molecule has 0 aromatic heterocycles. The van der Waals surface area contributed by atoms with E-state index in [2.05, 4.69) is 77.2 Å². The molecule has 1 amide bonds. The molecule has 1 aliphatic rings. The van der Waals surface area contributed by atoms with E-state index < -0.39 is 0 Å². The van der Waals surface area contributed by atoms with E-state index in [1.54, 1.807) is 7.05 Å². The first-order valence-corrected chi connectivity index (χ1v) is 10.6. The van der Waals surface area contributed by atoms with Crippen LogP contribution in [-0.4, -0.2) is 51.0 Å². The second-order valence-electron chi connectivity index (χ2n) is 7.95. The second kappa shape index (κ2) is 12.0. The molecule has 168 valence electrons. The summed E-state index contributed by atoms with van der Waals surface area (Å²) in [6, 6.07) is 17.0. The largest absolute Gasteiger partial charge is 0.356 e. The van der Waals surface area contributed by atoms with Crippen LogP contribution in [0.3, 0.4) is 0 Å². The number of aryl methyl sites for hydroxylation is 1. The molecule has 3 N–H and O–H groups in total. The van der Waals surface area contributed by atoms with Crippen molar-refractivity contribution in [1.82, 2.24) is 15.5 Å². The zero-order valence-electron chi connectivity index (χ0n) is 18.8. The normalized spacial score (nSPS) is 16.7. The molecule has 0 bridgehead atoms. The van der Waals surface area contributed by atoms with Gasteiger partial charge in [-0.05, 0) is 43.3 Å². The van der Waals surface area contributed by atoms with Crippen molar-refractivity contribution in [2.45, 2.75) is 31.7 Å². The summed E-state index contributed by atoms with van der Waals surface area (Å²) >= 11 is 0. The number of guanidine groups is 1. The fraction of sp³-hybridized carbons (Fsp3) is 0.417. The Labute approximate surface area is 202 Å². The summed E-state index contributed by atoms with van der Waals surface area (Å²) in [6.07, 6.45) is 1.52. The molecule has 2 aromatic carbocycles. The van der Waals surface area contributed by atoms with Crippen LogP contribution in [0.25, 0.3) is 0 Å². The fourth-order valence-corrected chi connectivity index (χ4v) is 3.89. The number of hydrogen-bond donors (Lipinski definition) is 3. The predicted octanol–water partition coefficient (Wildman–Crippen LogP) is 3.76. The maximum Gasteiger partial charge on any atom is 0.225 e. The van der Waals surface area contributed by atoms with Crippen molar-refractivity contribution in [3.05, 3.63) is 65.2 Å². The van der Waals surface area contributed by atoms with E-state index in [1.807, 2.05) is 18.2 Å². The molecule has 1 aliphatic heterocycles. The molecular weight excluding hydrogens is 501 g/mol. The number of fused-ring (bicyclic) bond motifs is 1. The zero-order chi connectivity index (χ0) is 21.5. The van der Waals surface area contributed by atoms with Crippen LogP contribution >= 0.6 is 24.0 Å². The molecule has 0 saturated carbocycles. The molecule has 0 saturated heterocycles. The third kappa shape index (κ3) is 6.67. The zero-order valence-corrected chi connectivity index (χ0v) is 21.1. The minimum absolute atomic E-state index is 0. The fourth-order valence-electron chi connectivity index (χ4n) is 3.89. The van der Waals surface area contributed by atoms with Gasteiger partial charge >= 0.3 is 0 Å². The number of anilines is 1. The van der Waals surface area contributed by atoms with Crippen molar-refractivity contribution < 1.29 is 4.79 Å². The molecule has 0 spiro atoms. The highest BCUT2D eigenvalue weighted by Gasteiger charge is 2.25. The summed E-state index contributed by atoms with van der Waals surface area (Å²) < 4.78 is 0. The smallest absolute Gasteiger partial charge is 0.225 e. The number of likely N-dealkylation sites (N-methyl/N-ethyl adjacent to an activating group) is 1. The van der Waals surface area contributed by atoms with Crippen LogP contribution in [0.15, 0.2) is 53.5 Å².